The molecule has 2 rings (SSSR count). The highest BCUT2D eigenvalue weighted by atomic mass is 79.9. The molecular formula is C14H13Br2NO. The highest BCUT2D eigenvalue weighted by Crippen LogP contribution is 2.30. The molecule has 0 amide bonds. The van der Waals surface area contributed by atoms with Gasteiger partial charge in [0.2, 0.25) is 5.88 Å². The van der Waals surface area contributed by atoms with Crippen LogP contribution in [0.25, 0.3) is 0 Å². The zero-order chi connectivity index (χ0) is 13.1. The fourth-order valence-corrected chi connectivity index (χ4v) is 2.59. The molecule has 1 aromatic heterocycles. The molecule has 0 saturated heterocycles. The molecular weight excluding hydrogens is 358 g/mol. The van der Waals surface area contributed by atoms with Crippen molar-refractivity contribution in [2.24, 2.45) is 0 Å². The highest BCUT2D eigenvalue weighted by molar-refractivity contribution is 9.11. The first kappa shape index (κ1) is 13.6. The Labute approximate surface area is 124 Å². The van der Waals surface area contributed by atoms with Crippen LogP contribution in [-0.2, 0) is 0 Å². The summed E-state index contributed by atoms with van der Waals surface area (Å²) in [6.07, 6.45) is 1.71. The molecule has 0 saturated carbocycles. The number of ether oxygens (including phenoxy) is 1. The van der Waals surface area contributed by atoms with Crippen molar-refractivity contribution < 1.29 is 4.74 Å². The standard InChI is InChI=1S/C14H13Br2NO/c1-9(2)10-4-3-5-12(6-10)18-14-13(16)7-11(15)8-17-14/h3-9H,1-2H3. The van der Waals surface area contributed by atoms with E-state index in [1.54, 1.807) is 6.20 Å². The van der Waals surface area contributed by atoms with E-state index in [4.69, 9.17) is 4.74 Å². The molecule has 0 fully saturated rings. The summed E-state index contributed by atoms with van der Waals surface area (Å²) in [7, 11) is 0. The van der Waals surface area contributed by atoms with E-state index in [9.17, 15) is 0 Å². The third kappa shape index (κ3) is 3.33. The lowest BCUT2D eigenvalue weighted by Crippen LogP contribution is -1.92. The molecule has 1 heterocycles. The van der Waals surface area contributed by atoms with Crippen molar-refractivity contribution in [2.75, 3.05) is 0 Å². The molecule has 0 N–H and O–H groups in total. The monoisotopic (exact) mass is 369 g/mol. The molecule has 2 aromatic rings. The molecule has 1 aromatic carbocycles. The largest absolute Gasteiger partial charge is 0.438 e. The lowest BCUT2D eigenvalue weighted by atomic mass is 10.0. The second kappa shape index (κ2) is 5.85. The van der Waals surface area contributed by atoms with E-state index >= 15 is 0 Å². The van der Waals surface area contributed by atoms with Gasteiger partial charge in [-0.05, 0) is 61.5 Å². The van der Waals surface area contributed by atoms with Gasteiger partial charge < -0.3 is 4.74 Å². The molecule has 0 radical (unpaired) electrons. The van der Waals surface area contributed by atoms with Gasteiger partial charge >= 0.3 is 0 Å². The molecule has 18 heavy (non-hydrogen) atoms. The fraction of sp³-hybridized carbons (Fsp3) is 0.214. The van der Waals surface area contributed by atoms with E-state index in [1.807, 2.05) is 24.3 Å². The molecule has 2 nitrogen and oxygen atoms in total. The SMILES string of the molecule is CC(C)c1cccc(Oc2ncc(Br)cc2Br)c1. The van der Waals surface area contributed by atoms with Crippen LogP contribution in [0, 0.1) is 0 Å². The molecule has 0 aliphatic rings. The Hall–Kier alpha value is -0.870. The summed E-state index contributed by atoms with van der Waals surface area (Å²) in [5, 5.41) is 0. The summed E-state index contributed by atoms with van der Waals surface area (Å²) >= 11 is 6.80. The molecule has 0 unspecified atom stereocenters. The first-order valence-corrected chi connectivity index (χ1v) is 7.23. The second-order valence-electron chi connectivity index (χ2n) is 4.27. The summed E-state index contributed by atoms with van der Waals surface area (Å²) in [5.41, 5.74) is 1.25. The van der Waals surface area contributed by atoms with E-state index in [0.29, 0.717) is 11.8 Å². The number of aromatic nitrogens is 1. The van der Waals surface area contributed by atoms with Crippen LogP contribution in [0.4, 0.5) is 0 Å². The minimum absolute atomic E-state index is 0.481. The van der Waals surface area contributed by atoms with Gasteiger partial charge in [0.15, 0.2) is 0 Å². The number of benzene rings is 1. The molecule has 0 aliphatic carbocycles. The van der Waals surface area contributed by atoms with Gasteiger partial charge in [-0.2, -0.15) is 0 Å². The minimum Gasteiger partial charge on any atom is -0.438 e. The van der Waals surface area contributed by atoms with Gasteiger partial charge in [-0.3, -0.25) is 0 Å². The molecule has 0 atom stereocenters. The predicted molar refractivity (Wildman–Crippen MR) is 80.2 cm³/mol. The first-order valence-electron chi connectivity index (χ1n) is 5.65. The summed E-state index contributed by atoms with van der Waals surface area (Å²) < 4.78 is 7.52. The Bertz CT molecular complexity index is 555. The van der Waals surface area contributed by atoms with E-state index in [0.717, 1.165) is 14.7 Å². The maximum atomic E-state index is 5.78. The topological polar surface area (TPSA) is 22.1 Å². The molecule has 94 valence electrons. The maximum absolute atomic E-state index is 5.78. The molecule has 4 heteroatoms. The van der Waals surface area contributed by atoms with Gasteiger partial charge in [-0.15, -0.1) is 0 Å². The van der Waals surface area contributed by atoms with Gasteiger partial charge in [-0.1, -0.05) is 26.0 Å². The van der Waals surface area contributed by atoms with Crippen molar-refractivity contribution in [3.8, 4) is 11.6 Å². The van der Waals surface area contributed by atoms with Crippen LogP contribution in [0.15, 0.2) is 45.5 Å². The second-order valence-corrected chi connectivity index (χ2v) is 6.04. The Morgan fingerprint density at radius 2 is 1.94 bits per heavy atom. The summed E-state index contributed by atoms with van der Waals surface area (Å²) in [6, 6.07) is 9.98. The zero-order valence-electron chi connectivity index (χ0n) is 10.2. The third-order valence-electron chi connectivity index (χ3n) is 2.51. The van der Waals surface area contributed by atoms with Crippen molar-refractivity contribution in [1.82, 2.24) is 4.98 Å². The lowest BCUT2D eigenvalue weighted by molar-refractivity contribution is 0.458. The highest BCUT2D eigenvalue weighted by Gasteiger charge is 2.06. The Kier molecular flexibility index (Phi) is 4.40. The zero-order valence-corrected chi connectivity index (χ0v) is 13.3. The molecule has 0 aliphatic heterocycles. The van der Waals surface area contributed by atoms with Crippen LogP contribution in [0.3, 0.4) is 0 Å². The lowest BCUT2D eigenvalue weighted by Gasteiger charge is -2.10. The van der Waals surface area contributed by atoms with E-state index < -0.39 is 0 Å². The molecule has 0 spiro atoms. The number of pyridine rings is 1. The van der Waals surface area contributed by atoms with Crippen molar-refractivity contribution in [2.45, 2.75) is 19.8 Å². The summed E-state index contributed by atoms with van der Waals surface area (Å²) in [6.45, 7) is 4.32. The number of rotatable bonds is 3. The van der Waals surface area contributed by atoms with Crippen LogP contribution in [0.1, 0.15) is 25.3 Å². The number of hydrogen-bond donors (Lipinski definition) is 0. The van der Waals surface area contributed by atoms with Gasteiger partial charge in [0.05, 0.1) is 4.47 Å². The van der Waals surface area contributed by atoms with Crippen LogP contribution < -0.4 is 4.74 Å². The van der Waals surface area contributed by atoms with E-state index in [2.05, 4.69) is 56.8 Å². The van der Waals surface area contributed by atoms with Gasteiger partial charge in [0, 0.05) is 10.7 Å². The number of nitrogens with zero attached hydrogens (tertiary/aromatic N) is 1. The summed E-state index contributed by atoms with van der Waals surface area (Å²) in [5.74, 6) is 1.85. The van der Waals surface area contributed by atoms with Crippen LogP contribution in [-0.4, -0.2) is 4.98 Å². The van der Waals surface area contributed by atoms with Crippen molar-refractivity contribution in [3.05, 3.63) is 51.0 Å². The van der Waals surface area contributed by atoms with Crippen LogP contribution in [0.2, 0.25) is 0 Å². The average molecular weight is 371 g/mol. The van der Waals surface area contributed by atoms with Crippen LogP contribution >= 0.6 is 31.9 Å². The number of halogens is 2. The Morgan fingerprint density at radius 3 is 2.61 bits per heavy atom. The predicted octanol–water partition coefficient (Wildman–Crippen LogP) is 5.52. The van der Waals surface area contributed by atoms with E-state index in [1.165, 1.54) is 5.56 Å². The van der Waals surface area contributed by atoms with Gasteiger partial charge in [-0.25, -0.2) is 4.98 Å². The fourth-order valence-electron chi connectivity index (χ4n) is 1.53. The maximum Gasteiger partial charge on any atom is 0.233 e. The van der Waals surface area contributed by atoms with Crippen molar-refractivity contribution in [1.29, 1.82) is 0 Å². The smallest absolute Gasteiger partial charge is 0.233 e. The normalized spacial score (nSPS) is 10.7. The first-order chi connectivity index (χ1) is 8.56. The quantitative estimate of drug-likeness (QED) is 0.709. The Morgan fingerprint density at radius 1 is 1.17 bits per heavy atom. The molecule has 0 bridgehead atoms. The van der Waals surface area contributed by atoms with Gasteiger partial charge in [0.25, 0.3) is 0 Å². The summed E-state index contributed by atoms with van der Waals surface area (Å²) in [4.78, 5) is 4.23. The minimum atomic E-state index is 0.481. The Balaban J connectivity index is 2.25. The van der Waals surface area contributed by atoms with Crippen molar-refractivity contribution >= 4 is 31.9 Å². The van der Waals surface area contributed by atoms with Gasteiger partial charge in [0.1, 0.15) is 5.75 Å². The third-order valence-corrected chi connectivity index (χ3v) is 3.52. The van der Waals surface area contributed by atoms with Crippen LogP contribution in [0.5, 0.6) is 11.6 Å². The number of hydrogen-bond acceptors (Lipinski definition) is 2. The van der Waals surface area contributed by atoms with E-state index in [-0.39, 0.29) is 0 Å². The van der Waals surface area contributed by atoms with Crippen molar-refractivity contribution in [3.63, 3.8) is 0 Å². The average Bonchev–Trinajstić information content (AvgIpc) is 2.33.